The number of pyridine rings is 1. The summed E-state index contributed by atoms with van der Waals surface area (Å²) in [5.41, 5.74) is -0.114. The minimum atomic E-state index is -0.604. The second-order valence-corrected chi connectivity index (χ2v) is 3.58. The molecule has 1 aromatic heterocycles. The third-order valence-corrected chi connectivity index (χ3v) is 2.44. The highest BCUT2D eigenvalue weighted by atomic mass is 16.6. The number of hydrogen-bond acceptors (Lipinski definition) is 6. The largest absolute Gasteiger partial charge is 0.394 e. The van der Waals surface area contributed by atoms with Crippen molar-refractivity contribution in [3.05, 3.63) is 27.9 Å². The van der Waals surface area contributed by atoms with Crippen LogP contribution >= 0.6 is 0 Å². The first-order chi connectivity index (χ1) is 8.01. The zero-order chi connectivity index (χ0) is 13.0. The maximum atomic E-state index is 10.5. The molecular weight excluding hydrogens is 224 g/mol. The van der Waals surface area contributed by atoms with Crippen LogP contribution < -0.4 is 4.90 Å². The lowest BCUT2D eigenvalue weighted by Crippen LogP contribution is -2.33. The van der Waals surface area contributed by atoms with Gasteiger partial charge in [0.25, 0.3) is 5.69 Å². The highest BCUT2D eigenvalue weighted by Gasteiger charge is 2.17. The van der Waals surface area contributed by atoms with Crippen LogP contribution in [0.4, 0.5) is 11.5 Å². The van der Waals surface area contributed by atoms with Gasteiger partial charge >= 0.3 is 0 Å². The summed E-state index contributed by atoms with van der Waals surface area (Å²) in [7, 11) is 1.66. The number of nitrogens with zero attached hydrogens (tertiary/aromatic N) is 4. The lowest BCUT2D eigenvalue weighted by molar-refractivity contribution is -0.385. The van der Waals surface area contributed by atoms with Crippen molar-refractivity contribution in [3.8, 4) is 6.07 Å². The van der Waals surface area contributed by atoms with Crippen LogP contribution in [0, 0.1) is 21.4 Å². The summed E-state index contributed by atoms with van der Waals surface area (Å²) in [5.74, 6) is 0.319. The third-order valence-electron chi connectivity index (χ3n) is 2.44. The van der Waals surface area contributed by atoms with E-state index in [0.717, 1.165) is 6.20 Å². The molecule has 90 valence electrons. The Labute approximate surface area is 98.1 Å². The van der Waals surface area contributed by atoms with Crippen molar-refractivity contribution in [2.24, 2.45) is 0 Å². The van der Waals surface area contributed by atoms with Crippen LogP contribution in [-0.4, -0.2) is 34.7 Å². The predicted octanol–water partition coefficient (Wildman–Crippen LogP) is 0.678. The van der Waals surface area contributed by atoms with E-state index in [2.05, 4.69) is 4.98 Å². The maximum Gasteiger partial charge on any atom is 0.289 e. The zero-order valence-electron chi connectivity index (χ0n) is 9.49. The van der Waals surface area contributed by atoms with Gasteiger partial charge < -0.3 is 10.0 Å². The van der Waals surface area contributed by atoms with Crippen LogP contribution in [0.25, 0.3) is 0 Å². The van der Waals surface area contributed by atoms with Gasteiger partial charge in [-0.15, -0.1) is 0 Å². The molecule has 0 aliphatic heterocycles. The molecule has 0 saturated heterocycles. The molecule has 0 saturated carbocycles. The molecule has 7 nitrogen and oxygen atoms in total. The van der Waals surface area contributed by atoms with Crippen LogP contribution in [0.5, 0.6) is 0 Å². The number of hydrogen-bond donors (Lipinski definition) is 1. The van der Waals surface area contributed by atoms with E-state index in [4.69, 9.17) is 10.4 Å². The molecular formula is C10H12N4O3. The molecule has 0 spiro atoms. The fraction of sp³-hybridized carbons (Fsp3) is 0.400. The van der Waals surface area contributed by atoms with Crippen LogP contribution in [0.3, 0.4) is 0 Å². The Bertz CT molecular complexity index is 469. The Morgan fingerprint density at radius 3 is 2.88 bits per heavy atom. The van der Waals surface area contributed by atoms with Crippen molar-refractivity contribution in [1.82, 2.24) is 4.98 Å². The van der Waals surface area contributed by atoms with Crippen molar-refractivity contribution in [1.29, 1.82) is 5.26 Å². The lowest BCUT2D eigenvalue weighted by atomic mass is 10.2. The molecule has 0 aromatic carbocycles. The van der Waals surface area contributed by atoms with Gasteiger partial charge in [-0.3, -0.25) is 10.1 Å². The Hall–Kier alpha value is -2.20. The number of aromatic nitrogens is 1. The first-order valence-corrected chi connectivity index (χ1v) is 4.89. The van der Waals surface area contributed by atoms with E-state index in [0.29, 0.717) is 5.82 Å². The molecule has 1 rings (SSSR count). The van der Waals surface area contributed by atoms with Gasteiger partial charge in [0, 0.05) is 13.1 Å². The topological polar surface area (TPSA) is 103 Å². The average Bonchev–Trinajstić information content (AvgIpc) is 2.35. The Kier molecular flexibility index (Phi) is 3.96. The fourth-order valence-electron chi connectivity index (χ4n) is 1.24. The van der Waals surface area contributed by atoms with Gasteiger partial charge in [0.05, 0.1) is 17.6 Å². The normalized spacial score (nSPS) is 11.6. The second-order valence-electron chi connectivity index (χ2n) is 3.58. The van der Waals surface area contributed by atoms with E-state index in [-0.39, 0.29) is 23.9 Å². The van der Waals surface area contributed by atoms with Gasteiger partial charge in [-0.2, -0.15) is 5.26 Å². The van der Waals surface area contributed by atoms with Crippen LogP contribution in [0.15, 0.2) is 12.3 Å². The zero-order valence-corrected chi connectivity index (χ0v) is 9.49. The smallest absolute Gasteiger partial charge is 0.289 e. The number of aliphatic hydroxyl groups excluding tert-OH is 1. The molecule has 17 heavy (non-hydrogen) atoms. The summed E-state index contributed by atoms with van der Waals surface area (Å²) in [6, 6.07) is 2.80. The van der Waals surface area contributed by atoms with E-state index in [1.807, 2.05) is 6.07 Å². The third kappa shape index (κ3) is 2.68. The van der Waals surface area contributed by atoms with Crippen molar-refractivity contribution >= 4 is 11.5 Å². The van der Waals surface area contributed by atoms with Crippen molar-refractivity contribution in [3.63, 3.8) is 0 Å². The molecule has 1 atom stereocenters. The van der Waals surface area contributed by atoms with Crippen molar-refractivity contribution in [2.75, 3.05) is 18.6 Å². The number of aliphatic hydroxyl groups is 1. The molecule has 0 aliphatic carbocycles. The second kappa shape index (κ2) is 5.23. The lowest BCUT2D eigenvalue weighted by Gasteiger charge is -2.24. The number of nitro groups is 1. The summed E-state index contributed by atoms with van der Waals surface area (Å²) >= 11 is 0. The summed E-state index contributed by atoms with van der Waals surface area (Å²) in [6.07, 6.45) is 1.09. The SMILES string of the molecule is CC(CO)N(C)c1ncc([N+](=O)[O-])cc1C#N. The fourth-order valence-corrected chi connectivity index (χ4v) is 1.24. The average molecular weight is 236 g/mol. The first-order valence-electron chi connectivity index (χ1n) is 4.89. The molecule has 1 unspecified atom stereocenters. The predicted molar refractivity (Wildman–Crippen MR) is 60.6 cm³/mol. The van der Waals surface area contributed by atoms with Gasteiger partial charge in [-0.1, -0.05) is 0 Å². The molecule has 1 N–H and O–H groups in total. The minimum Gasteiger partial charge on any atom is -0.394 e. The highest BCUT2D eigenvalue weighted by Crippen LogP contribution is 2.22. The summed E-state index contributed by atoms with van der Waals surface area (Å²) < 4.78 is 0. The van der Waals surface area contributed by atoms with Crippen LogP contribution in [0.2, 0.25) is 0 Å². The van der Waals surface area contributed by atoms with Gasteiger partial charge in [-0.05, 0) is 6.92 Å². The Morgan fingerprint density at radius 1 is 1.76 bits per heavy atom. The maximum absolute atomic E-state index is 10.5. The molecule has 1 aromatic rings. The van der Waals surface area contributed by atoms with E-state index >= 15 is 0 Å². The monoisotopic (exact) mass is 236 g/mol. The molecule has 0 bridgehead atoms. The number of nitriles is 1. The highest BCUT2D eigenvalue weighted by molar-refractivity contribution is 5.57. The van der Waals surface area contributed by atoms with Gasteiger partial charge in [0.1, 0.15) is 23.6 Å². The Morgan fingerprint density at radius 2 is 2.41 bits per heavy atom. The molecule has 0 radical (unpaired) electrons. The molecule has 1 heterocycles. The number of anilines is 1. The van der Waals surface area contributed by atoms with E-state index in [1.54, 1.807) is 18.9 Å². The van der Waals surface area contributed by atoms with Crippen molar-refractivity contribution < 1.29 is 10.0 Å². The van der Waals surface area contributed by atoms with Gasteiger partial charge in [0.15, 0.2) is 0 Å². The van der Waals surface area contributed by atoms with Crippen LogP contribution in [0.1, 0.15) is 12.5 Å². The standard InChI is InChI=1S/C10H12N4O3/c1-7(6-15)13(2)10-8(4-11)3-9(5-12-10)14(16)17/h3,5,7,15H,6H2,1-2H3. The first kappa shape index (κ1) is 12.9. The van der Waals surface area contributed by atoms with Gasteiger partial charge in [0.2, 0.25) is 0 Å². The molecule has 7 heteroatoms. The summed E-state index contributed by atoms with van der Waals surface area (Å²) in [5, 5.41) is 28.5. The van der Waals surface area contributed by atoms with E-state index in [1.165, 1.54) is 6.07 Å². The number of likely N-dealkylation sites (N-methyl/N-ethyl adjacent to an activating group) is 1. The quantitative estimate of drug-likeness (QED) is 0.609. The van der Waals surface area contributed by atoms with E-state index in [9.17, 15) is 10.1 Å². The van der Waals surface area contributed by atoms with Crippen LogP contribution in [-0.2, 0) is 0 Å². The summed E-state index contributed by atoms with van der Waals surface area (Å²) in [4.78, 5) is 15.4. The van der Waals surface area contributed by atoms with Gasteiger partial charge in [-0.25, -0.2) is 4.98 Å². The van der Waals surface area contributed by atoms with Crippen molar-refractivity contribution in [2.45, 2.75) is 13.0 Å². The molecule has 0 amide bonds. The molecule has 0 fully saturated rings. The molecule has 0 aliphatic rings. The van der Waals surface area contributed by atoms with E-state index < -0.39 is 4.92 Å². The number of rotatable bonds is 4. The Balaban J connectivity index is 3.18. The summed E-state index contributed by atoms with van der Waals surface area (Å²) in [6.45, 7) is 1.66. The minimum absolute atomic E-state index is 0.0972.